The largest absolute Gasteiger partial charge is 0.440 e. The predicted octanol–water partition coefficient (Wildman–Crippen LogP) is 0.146. The highest BCUT2D eigenvalue weighted by atomic mass is 19.3. The van der Waals surface area contributed by atoms with E-state index in [1.54, 1.807) is 4.90 Å². The molecule has 8 nitrogen and oxygen atoms in total. The number of nitrogens with one attached hydrogen (secondary N) is 1. The first-order valence-corrected chi connectivity index (χ1v) is 6.74. The van der Waals surface area contributed by atoms with Crippen LogP contribution in [0.1, 0.15) is 19.3 Å². The summed E-state index contributed by atoms with van der Waals surface area (Å²) in [5.74, 6) is -3.17. The molecule has 1 amide bonds. The quantitative estimate of drug-likeness (QED) is 0.567. The summed E-state index contributed by atoms with van der Waals surface area (Å²) in [5, 5.41) is 13.4. The Morgan fingerprint density at radius 2 is 2.14 bits per heavy atom. The Labute approximate surface area is 119 Å². The number of carbonyl (C=O) groups is 1. The Hall–Kier alpha value is -1.55. The van der Waals surface area contributed by atoms with Gasteiger partial charge in [-0.15, -0.1) is 0 Å². The van der Waals surface area contributed by atoms with E-state index >= 15 is 0 Å². The van der Waals surface area contributed by atoms with Gasteiger partial charge >= 0.3 is 6.09 Å². The van der Waals surface area contributed by atoms with Gasteiger partial charge in [0.15, 0.2) is 6.10 Å². The van der Waals surface area contributed by atoms with Crippen molar-refractivity contribution in [3.63, 3.8) is 0 Å². The van der Waals surface area contributed by atoms with Crippen LogP contribution in [0.2, 0.25) is 0 Å². The molecule has 0 aromatic rings. The molecule has 21 heavy (non-hydrogen) atoms. The molecular weight excluding hydrogens is 290 g/mol. The summed E-state index contributed by atoms with van der Waals surface area (Å²) in [6, 6.07) is -0.179. The van der Waals surface area contributed by atoms with Crippen LogP contribution in [0.25, 0.3) is 0 Å². The summed E-state index contributed by atoms with van der Waals surface area (Å²) >= 11 is 0. The number of nitro groups is 1. The fourth-order valence-electron chi connectivity index (χ4n) is 2.86. The van der Waals surface area contributed by atoms with E-state index in [2.05, 4.69) is 10.1 Å². The van der Waals surface area contributed by atoms with E-state index in [0.29, 0.717) is 25.9 Å². The number of alkyl halides is 2. The van der Waals surface area contributed by atoms with Crippen LogP contribution in [0.15, 0.2) is 0 Å². The number of primary amides is 1. The number of halogens is 2. The monoisotopic (exact) mass is 308 g/mol. The highest BCUT2D eigenvalue weighted by molar-refractivity contribution is 5.64. The first-order chi connectivity index (χ1) is 9.79. The van der Waals surface area contributed by atoms with Crippen molar-refractivity contribution in [3.05, 3.63) is 10.1 Å². The second-order valence-corrected chi connectivity index (χ2v) is 5.39. The summed E-state index contributed by atoms with van der Waals surface area (Å²) in [6.07, 6.45) is -2.74. The van der Waals surface area contributed by atoms with Gasteiger partial charge in [0.1, 0.15) is 0 Å². The number of piperidine rings is 2. The Kier molecular flexibility index (Phi) is 4.57. The first-order valence-electron chi connectivity index (χ1n) is 6.74. The normalized spacial score (nSPS) is 33.3. The number of amides is 1. The first kappa shape index (κ1) is 15.8. The number of likely N-dealkylation sites (tertiary alicyclic amines) is 1. The van der Waals surface area contributed by atoms with Gasteiger partial charge in [0.25, 0.3) is 12.1 Å². The molecule has 2 saturated heterocycles. The Bertz CT molecular complexity index is 415. The Morgan fingerprint density at radius 1 is 1.43 bits per heavy atom. The second kappa shape index (κ2) is 6.06. The van der Waals surface area contributed by atoms with E-state index < -0.39 is 35.8 Å². The lowest BCUT2D eigenvalue weighted by Gasteiger charge is -2.42. The number of hydrogen-bond acceptors (Lipinski definition) is 6. The summed E-state index contributed by atoms with van der Waals surface area (Å²) < 4.78 is 32.3. The van der Waals surface area contributed by atoms with Gasteiger partial charge in [-0.05, 0) is 6.42 Å². The van der Waals surface area contributed by atoms with Crippen molar-refractivity contribution in [3.8, 4) is 0 Å². The standard InChI is InChI=1S/C11H18F2N4O4/c12-11(13)6-16(4-3-8(11)21-10(14)18)7-1-2-9(15-5-7)17(19)20/h7-9,15H,1-6H2,(H2,14,18). The molecule has 2 heterocycles. The highest BCUT2D eigenvalue weighted by Gasteiger charge is 2.48. The van der Waals surface area contributed by atoms with Gasteiger partial charge in [0.2, 0.25) is 0 Å². The van der Waals surface area contributed by atoms with Crippen molar-refractivity contribution in [2.45, 2.75) is 43.5 Å². The molecule has 0 bridgehead atoms. The van der Waals surface area contributed by atoms with Crippen LogP contribution >= 0.6 is 0 Å². The van der Waals surface area contributed by atoms with Crippen LogP contribution in [0.3, 0.4) is 0 Å². The van der Waals surface area contributed by atoms with Gasteiger partial charge in [0, 0.05) is 36.9 Å². The van der Waals surface area contributed by atoms with Crippen LogP contribution in [-0.4, -0.2) is 59.8 Å². The molecule has 120 valence electrons. The third-order valence-electron chi connectivity index (χ3n) is 3.96. The minimum Gasteiger partial charge on any atom is -0.440 e. The molecule has 0 aliphatic carbocycles. The number of ether oxygens (including phenoxy) is 1. The molecule has 0 spiro atoms. The number of nitrogens with zero attached hydrogens (tertiary/aromatic N) is 2. The molecule has 2 aliphatic heterocycles. The van der Waals surface area contributed by atoms with Crippen molar-refractivity contribution < 1.29 is 23.2 Å². The van der Waals surface area contributed by atoms with Crippen LogP contribution in [0.5, 0.6) is 0 Å². The molecule has 3 unspecified atom stereocenters. The lowest BCUT2D eigenvalue weighted by molar-refractivity contribution is -0.532. The van der Waals surface area contributed by atoms with E-state index in [4.69, 9.17) is 5.73 Å². The average molecular weight is 308 g/mol. The van der Waals surface area contributed by atoms with E-state index in [9.17, 15) is 23.7 Å². The van der Waals surface area contributed by atoms with E-state index in [0.717, 1.165) is 0 Å². The fraction of sp³-hybridized carbons (Fsp3) is 0.909. The molecule has 2 rings (SSSR count). The van der Waals surface area contributed by atoms with Gasteiger partial charge in [-0.25, -0.2) is 13.6 Å². The summed E-state index contributed by atoms with van der Waals surface area (Å²) in [5.41, 5.74) is 4.78. The van der Waals surface area contributed by atoms with Gasteiger partial charge < -0.3 is 10.5 Å². The SMILES string of the molecule is NC(=O)OC1CCN(C2CCC([N+](=O)[O-])NC2)CC1(F)F. The van der Waals surface area contributed by atoms with Crippen molar-refractivity contribution >= 4 is 6.09 Å². The van der Waals surface area contributed by atoms with Crippen LogP contribution in [0.4, 0.5) is 13.6 Å². The second-order valence-electron chi connectivity index (χ2n) is 5.39. The topological polar surface area (TPSA) is 111 Å². The minimum atomic E-state index is -3.17. The van der Waals surface area contributed by atoms with Gasteiger partial charge in [-0.1, -0.05) is 0 Å². The fourth-order valence-corrected chi connectivity index (χ4v) is 2.86. The third-order valence-corrected chi connectivity index (χ3v) is 3.96. The van der Waals surface area contributed by atoms with Crippen molar-refractivity contribution in [1.82, 2.24) is 10.2 Å². The molecule has 0 saturated carbocycles. The smallest absolute Gasteiger partial charge is 0.404 e. The molecule has 3 N–H and O–H groups in total. The molecule has 10 heteroatoms. The molecule has 0 aromatic carbocycles. The molecule has 2 fully saturated rings. The van der Waals surface area contributed by atoms with Crippen LogP contribution in [0, 0.1) is 10.1 Å². The van der Waals surface area contributed by atoms with Crippen molar-refractivity contribution in [2.24, 2.45) is 5.73 Å². The van der Waals surface area contributed by atoms with Crippen LogP contribution < -0.4 is 11.1 Å². The van der Waals surface area contributed by atoms with Gasteiger partial charge in [-0.2, -0.15) is 0 Å². The van der Waals surface area contributed by atoms with Gasteiger partial charge in [0.05, 0.1) is 6.54 Å². The summed E-state index contributed by atoms with van der Waals surface area (Å²) in [4.78, 5) is 22.4. The maximum atomic E-state index is 13.9. The molecule has 0 radical (unpaired) electrons. The molecule has 2 aliphatic rings. The zero-order valence-electron chi connectivity index (χ0n) is 11.3. The number of nitrogens with two attached hydrogens (primary N) is 1. The molecular formula is C11H18F2N4O4. The molecule has 3 atom stereocenters. The third kappa shape index (κ3) is 3.76. The lowest BCUT2D eigenvalue weighted by atomic mass is 9.97. The minimum absolute atomic E-state index is 0.00882. The number of hydrogen-bond donors (Lipinski definition) is 2. The Balaban J connectivity index is 1.90. The summed E-state index contributed by atoms with van der Waals surface area (Å²) in [7, 11) is 0. The van der Waals surface area contributed by atoms with Crippen LogP contribution in [-0.2, 0) is 4.74 Å². The maximum absolute atomic E-state index is 13.9. The van der Waals surface area contributed by atoms with Crippen molar-refractivity contribution in [1.29, 1.82) is 0 Å². The number of rotatable bonds is 3. The summed E-state index contributed by atoms with van der Waals surface area (Å²) in [6.45, 7) is 0.0898. The average Bonchev–Trinajstić information content (AvgIpc) is 2.40. The molecule has 0 aromatic heterocycles. The van der Waals surface area contributed by atoms with E-state index in [1.807, 2.05) is 0 Å². The lowest BCUT2D eigenvalue weighted by Crippen LogP contribution is -2.60. The highest BCUT2D eigenvalue weighted by Crippen LogP contribution is 2.32. The van der Waals surface area contributed by atoms with Gasteiger partial charge in [-0.3, -0.25) is 20.3 Å². The van der Waals surface area contributed by atoms with E-state index in [1.165, 1.54) is 0 Å². The predicted molar refractivity (Wildman–Crippen MR) is 67.4 cm³/mol. The maximum Gasteiger partial charge on any atom is 0.404 e. The zero-order chi connectivity index (χ0) is 15.6. The Morgan fingerprint density at radius 3 is 2.62 bits per heavy atom. The zero-order valence-corrected chi connectivity index (χ0v) is 11.3. The van der Waals surface area contributed by atoms with Crippen molar-refractivity contribution in [2.75, 3.05) is 19.6 Å². The number of carbonyl (C=O) groups excluding carboxylic acids is 1. The van der Waals surface area contributed by atoms with E-state index in [-0.39, 0.29) is 12.5 Å².